The molecule has 7 heteroatoms. The Bertz CT molecular complexity index is 603. The first-order valence-corrected chi connectivity index (χ1v) is 8.45. The number of aromatic nitrogens is 1. The number of benzene rings is 1. The zero-order chi connectivity index (χ0) is 15.2. The van der Waals surface area contributed by atoms with Crippen LogP contribution in [0.2, 0.25) is 0 Å². The van der Waals surface area contributed by atoms with Gasteiger partial charge in [-0.2, -0.15) is 0 Å². The van der Waals surface area contributed by atoms with Crippen molar-refractivity contribution in [2.24, 2.45) is 5.73 Å². The number of rotatable bonds is 6. The summed E-state index contributed by atoms with van der Waals surface area (Å²) in [6.45, 7) is 2.01. The lowest BCUT2D eigenvalue weighted by molar-refractivity contribution is -0.117. The van der Waals surface area contributed by atoms with Crippen LogP contribution in [0.1, 0.15) is 30.2 Å². The van der Waals surface area contributed by atoms with E-state index in [2.05, 4.69) is 38.4 Å². The van der Waals surface area contributed by atoms with Crippen molar-refractivity contribution in [2.75, 3.05) is 5.32 Å². The SMILES string of the molecule is CCCC(N)C(=O)Nc1ncc(Cc2ccc(Br)cc2)s1.Cl. The molecule has 0 saturated carbocycles. The van der Waals surface area contributed by atoms with Gasteiger partial charge in [0.1, 0.15) is 0 Å². The van der Waals surface area contributed by atoms with Crippen LogP contribution < -0.4 is 11.1 Å². The van der Waals surface area contributed by atoms with Crippen molar-refractivity contribution in [1.29, 1.82) is 0 Å². The van der Waals surface area contributed by atoms with Gasteiger partial charge in [-0.25, -0.2) is 4.98 Å². The highest BCUT2D eigenvalue weighted by molar-refractivity contribution is 9.10. The molecule has 0 fully saturated rings. The molecule has 0 aliphatic carbocycles. The van der Waals surface area contributed by atoms with Crippen LogP contribution in [0.4, 0.5) is 5.13 Å². The third-order valence-corrected chi connectivity index (χ3v) is 4.45. The number of hydrogen-bond acceptors (Lipinski definition) is 4. The van der Waals surface area contributed by atoms with Crippen LogP contribution in [0, 0.1) is 0 Å². The second-order valence-electron chi connectivity index (χ2n) is 4.82. The minimum absolute atomic E-state index is 0. The molecule has 22 heavy (non-hydrogen) atoms. The largest absolute Gasteiger partial charge is 0.320 e. The van der Waals surface area contributed by atoms with E-state index in [0.29, 0.717) is 11.6 Å². The molecule has 0 aliphatic rings. The molecule has 0 spiro atoms. The first kappa shape index (κ1) is 19.1. The summed E-state index contributed by atoms with van der Waals surface area (Å²) in [7, 11) is 0. The third-order valence-electron chi connectivity index (χ3n) is 3.01. The fraction of sp³-hybridized carbons (Fsp3) is 0.333. The molecule has 0 radical (unpaired) electrons. The summed E-state index contributed by atoms with van der Waals surface area (Å²) in [6, 6.07) is 7.71. The molecule has 0 aliphatic heterocycles. The smallest absolute Gasteiger partial charge is 0.243 e. The number of thiazole rings is 1. The van der Waals surface area contributed by atoms with Crippen LogP contribution in [0.5, 0.6) is 0 Å². The minimum Gasteiger partial charge on any atom is -0.320 e. The van der Waals surface area contributed by atoms with Gasteiger partial charge in [0, 0.05) is 22.0 Å². The predicted molar refractivity (Wildman–Crippen MR) is 97.8 cm³/mol. The molecule has 1 unspecified atom stereocenters. The van der Waals surface area contributed by atoms with Crippen molar-refractivity contribution in [2.45, 2.75) is 32.2 Å². The van der Waals surface area contributed by atoms with Gasteiger partial charge in [-0.15, -0.1) is 23.7 Å². The Kier molecular flexibility index (Phi) is 8.03. The predicted octanol–water partition coefficient (Wildman–Crippen LogP) is 3.98. The molecule has 3 N–H and O–H groups in total. The Hall–Kier alpha value is -0.950. The van der Waals surface area contributed by atoms with Gasteiger partial charge in [0.15, 0.2) is 5.13 Å². The number of anilines is 1. The normalized spacial score (nSPS) is 11.6. The van der Waals surface area contributed by atoms with E-state index in [4.69, 9.17) is 5.73 Å². The van der Waals surface area contributed by atoms with Gasteiger partial charge in [0.2, 0.25) is 5.91 Å². The first-order chi connectivity index (χ1) is 10.1. The molecule has 0 saturated heterocycles. The van der Waals surface area contributed by atoms with Gasteiger partial charge >= 0.3 is 0 Å². The van der Waals surface area contributed by atoms with Crippen molar-refractivity contribution >= 4 is 50.7 Å². The summed E-state index contributed by atoms with van der Waals surface area (Å²) >= 11 is 4.90. The van der Waals surface area contributed by atoms with Gasteiger partial charge in [-0.1, -0.05) is 41.4 Å². The highest BCUT2D eigenvalue weighted by Gasteiger charge is 2.14. The molecule has 1 aromatic carbocycles. The molecule has 120 valence electrons. The van der Waals surface area contributed by atoms with Gasteiger partial charge in [-0.05, 0) is 24.1 Å². The lowest BCUT2D eigenvalue weighted by Gasteiger charge is -2.08. The average Bonchev–Trinajstić information content (AvgIpc) is 2.89. The summed E-state index contributed by atoms with van der Waals surface area (Å²) in [5.41, 5.74) is 6.99. The molecule has 1 amide bonds. The summed E-state index contributed by atoms with van der Waals surface area (Å²) in [4.78, 5) is 17.2. The van der Waals surface area contributed by atoms with Crippen LogP contribution >= 0.6 is 39.7 Å². The van der Waals surface area contributed by atoms with Gasteiger partial charge in [-0.3, -0.25) is 4.79 Å². The molecule has 1 heterocycles. The number of hydrogen-bond donors (Lipinski definition) is 2. The molecule has 1 atom stereocenters. The number of carbonyl (C=O) groups excluding carboxylic acids is 1. The fourth-order valence-corrected chi connectivity index (χ4v) is 3.00. The highest BCUT2D eigenvalue weighted by Crippen LogP contribution is 2.22. The number of nitrogens with one attached hydrogen (secondary N) is 1. The molecule has 2 rings (SSSR count). The highest BCUT2D eigenvalue weighted by atomic mass is 79.9. The minimum atomic E-state index is -0.464. The van der Waals surface area contributed by atoms with Crippen molar-refractivity contribution in [3.63, 3.8) is 0 Å². The number of nitrogens with zero attached hydrogens (tertiary/aromatic N) is 1. The standard InChI is InChI=1S/C15H18BrN3OS.ClH/c1-2-3-13(17)14(20)19-15-18-9-12(21-15)8-10-4-6-11(16)7-5-10;/h4-7,9,13H,2-3,8,17H2,1H3,(H,18,19,20);1H. The Labute approximate surface area is 149 Å². The summed E-state index contributed by atoms with van der Waals surface area (Å²) < 4.78 is 1.06. The molecule has 0 bridgehead atoms. The maximum atomic E-state index is 11.8. The number of nitrogens with two attached hydrogens (primary N) is 1. The fourth-order valence-electron chi connectivity index (χ4n) is 1.89. The van der Waals surface area contributed by atoms with E-state index in [0.717, 1.165) is 22.2 Å². The second-order valence-corrected chi connectivity index (χ2v) is 6.85. The zero-order valence-electron chi connectivity index (χ0n) is 12.2. The van der Waals surface area contributed by atoms with Crippen LogP contribution in [0.15, 0.2) is 34.9 Å². The molecular formula is C15H19BrClN3OS. The van der Waals surface area contributed by atoms with E-state index in [1.54, 1.807) is 6.20 Å². The zero-order valence-corrected chi connectivity index (χ0v) is 15.4. The van der Waals surface area contributed by atoms with Crippen molar-refractivity contribution in [1.82, 2.24) is 4.98 Å². The van der Waals surface area contributed by atoms with Crippen LogP contribution in [0.25, 0.3) is 0 Å². The summed E-state index contributed by atoms with van der Waals surface area (Å²) in [5, 5.41) is 3.39. The topological polar surface area (TPSA) is 68.0 Å². The van der Waals surface area contributed by atoms with Crippen molar-refractivity contribution in [3.8, 4) is 0 Å². The van der Waals surface area contributed by atoms with E-state index in [9.17, 15) is 4.79 Å². The van der Waals surface area contributed by atoms with E-state index < -0.39 is 6.04 Å². The average molecular weight is 405 g/mol. The molecule has 1 aromatic heterocycles. The lowest BCUT2D eigenvalue weighted by Crippen LogP contribution is -2.35. The van der Waals surface area contributed by atoms with Crippen LogP contribution in [-0.2, 0) is 11.2 Å². The first-order valence-electron chi connectivity index (χ1n) is 6.84. The van der Waals surface area contributed by atoms with E-state index in [1.807, 2.05) is 19.1 Å². The van der Waals surface area contributed by atoms with Gasteiger partial charge in [0.25, 0.3) is 0 Å². The summed E-state index contributed by atoms with van der Waals surface area (Å²) in [6.07, 6.45) is 4.18. The summed E-state index contributed by atoms with van der Waals surface area (Å²) in [5.74, 6) is -0.165. The van der Waals surface area contributed by atoms with E-state index >= 15 is 0 Å². The van der Waals surface area contributed by atoms with Gasteiger partial charge in [0.05, 0.1) is 6.04 Å². The second kappa shape index (κ2) is 9.25. The maximum absolute atomic E-state index is 11.8. The third kappa shape index (κ3) is 5.68. The Morgan fingerprint density at radius 1 is 1.41 bits per heavy atom. The number of amides is 1. The Morgan fingerprint density at radius 3 is 2.73 bits per heavy atom. The monoisotopic (exact) mass is 403 g/mol. The number of carbonyl (C=O) groups is 1. The van der Waals surface area contributed by atoms with Crippen LogP contribution in [0.3, 0.4) is 0 Å². The van der Waals surface area contributed by atoms with E-state index in [-0.39, 0.29) is 18.3 Å². The quantitative estimate of drug-likeness (QED) is 0.765. The number of halogens is 2. The lowest BCUT2D eigenvalue weighted by atomic mass is 10.1. The van der Waals surface area contributed by atoms with Gasteiger partial charge < -0.3 is 11.1 Å². The Morgan fingerprint density at radius 2 is 2.09 bits per heavy atom. The van der Waals surface area contributed by atoms with Crippen LogP contribution in [-0.4, -0.2) is 16.9 Å². The van der Waals surface area contributed by atoms with Crippen molar-refractivity contribution in [3.05, 3.63) is 45.4 Å². The molecular weight excluding hydrogens is 386 g/mol. The van der Waals surface area contributed by atoms with E-state index in [1.165, 1.54) is 16.9 Å². The molecule has 2 aromatic rings. The van der Waals surface area contributed by atoms with Crippen molar-refractivity contribution < 1.29 is 4.79 Å². The molecule has 4 nitrogen and oxygen atoms in total. The maximum Gasteiger partial charge on any atom is 0.243 e. The Balaban J connectivity index is 0.00000242.